The molecule has 3 heterocycles. The molecule has 2 aromatic heterocycles. The Hall–Kier alpha value is -3.68. The highest BCUT2D eigenvalue weighted by Crippen LogP contribution is 2.40. The second-order valence-electron chi connectivity index (χ2n) is 8.78. The third-order valence-corrected chi connectivity index (χ3v) is 6.20. The van der Waals surface area contributed by atoms with Gasteiger partial charge in [0, 0.05) is 31.2 Å². The maximum absolute atomic E-state index is 13.2. The van der Waals surface area contributed by atoms with Gasteiger partial charge in [0.05, 0.1) is 29.2 Å². The van der Waals surface area contributed by atoms with Crippen LogP contribution in [0.5, 0.6) is 0 Å². The average Bonchev–Trinajstić information content (AvgIpc) is 3.49. The molecule has 33 heavy (non-hydrogen) atoms. The number of aryl methyl sites for hydroxylation is 3. The molecule has 172 valence electrons. The van der Waals surface area contributed by atoms with Gasteiger partial charge < -0.3 is 14.6 Å². The highest BCUT2D eigenvalue weighted by atomic mass is 16.3. The summed E-state index contributed by atoms with van der Waals surface area (Å²) in [7, 11) is 0. The van der Waals surface area contributed by atoms with Crippen LogP contribution >= 0.6 is 0 Å². The Morgan fingerprint density at radius 1 is 1.15 bits per heavy atom. The van der Waals surface area contributed by atoms with Crippen molar-refractivity contribution in [3.05, 3.63) is 76.6 Å². The van der Waals surface area contributed by atoms with E-state index in [-0.39, 0.29) is 11.3 Å². The number of aliphatic hydroxyl groups is 1. The van der Waals surface area contributed by atoms with E-state index in [2.05, 4.69) is 29.0 Å². The first-order chi connectivity index (χ1) is 15.8. The number of hydrogen-bond acceptors (Lipinski definition) is 5. The number of likely N-dealkylation sites (tertiary alicyclic amines) is 1. The van der Waals surface area contributed by atoms with E-state index in [1.807, 2.05) is 35.0 Å². The second kappa shape index (κ2) is 9.05. The summed E-state index contributed by atoms with van der Waals surface area (Å²) in [6, 6.07) is 7.25. The molecule has 0 aliphatic carbocycles. The molecule has 0 spiro atoms. The van der Waals surface area contributed by atoms with Crippen molar-refractivity contribution in [2.24, 2.45) is 0 Å². The molecule has 1 amide bonds. The minimum Gasteiger partial charge on any atom is -0.507 e. The topological polar surface area (TPSA) is 104 Å². The summed E-state index contributed by atoms with van der Waals surface area (Å²) >= 11 is 0. The van der Waals surface area contributed by atoms with E-state index in [1.54, 1.807) is 31.3 Å². The summed E-state index contributed by atoms with van der Waals surface area (Å²) < 4.78 is 1.93. The van der Waals surface area contributed by atoms with Crippen molar-refractivity contribution in [2.75, 3.05) is 6.54 Å². The van der Waals surface area contributed by atoms with Crippen molar-refractivity contribution < 1.29 is 14.7 Å². The molecule has 0 saturated carbocycles. The Kier molecular flexibility index (Phi) is 6.18. The number of nitrogens with zero attached hydrogens (tertiary/aromatic N) is 4. The average molecular weight is 448 g/mol. The van der Waals surface area contributed by atoms with Crippen molar-refractivity contribution >= 4 is 17.4 Å². The van der Waals surface area contributed by atoms with Gasteiger partial charge in [-0.3, -0.25) is 14.7 Å². The van der Waals surface area contributed by atoms with Gasteiger partial charge in [0.25, 0.3) is 11.7 Å². The van der Waals surface area contributed by atoms with Crippen LogP contribution in [0.1, 0.15) is 60.3 Å². The van der Waals surface area contributed by atoms with Crippen LogP contribution in [0.25, 0.3) is 5.76 Å². The number of carbonyl (C=O) groups excluding carboxylic acids is 2. The number of Topliss-reactive ketones (excluding diaryl/α,β-unsaturated/α-hetero) is 1. The molecule has 1 aliphatic rings. The summed E-state index contributed by atoms with van der Waals surface area (Å²) in [6.45, 7) is 8.81. The normalized spacial score (nSPS) is 18.0. The van der Waals surface area contributed by atoms with Crippen LogP contribution in [0, 0.1) is 13.8 Å². The minimum atomic E-state index is -0.673. The first-order valence-electron chi connectivity index (χ1n) is 11.2. The molecule has 0 radical (unpaired) electrons. The van der Waals surface area contributed by atoms with Crippen molar-refractivity contribution in [1.82, 2.24) is 24.6 Å². The van der Waals surface area contributed by atoms with Gasteiger partial charge >= 0.3 is 0 Å². The largest absolute Gasteiger partial charge is 0.507 e. The highest BCUT2D eigenvalue weighted by Gasteiger charge is 2.46. The molecule has 1 aliphatic heterocycles. The van der Waals surface area contributed by atoms with Crippen LogP contribution in [0.2, 0.25) is 0 Å². The molecule has 2 N–H and O–H groups in total. The summed E-state index contributed by atoms with van der Waals surface area (Å²) in [5.41, 5.74) is 3.75. The number of benzene rings is 1. The standard InChI is InChI=1S/C25H29N5O3/c1-15(2)18-6-8-19(9-7-18)22-21(23(31)20-16(3)27-28-17(20)4)24(32)25(33)30(22)12-5-11-29-13-10-26-14-29/h6-10,13-15,22,31H,5,11-12H2,1-4H3,(H,27,28)/b23-21+/t22-/m1/s1. The lowest BCUT2D eigenvalue weighted by Crippen LogP contribution is -2.31. The fourth-order valence-corrected chi connectivity index (χ4v) is 4.40. The zero-order valence-corrected chi connectivity index (χ0v) is 19.4. The first-order valence-corrected chi connectivity index (χ1v) is 11.2. The molecular weight excluding hydrogens is 418 g/mol. The number of imidazole rings is 1. The van der Waals surface area contributed by atoms with Gasteiger partial charge in [0.1, 0.15) is 5.76 Å². The number of ketones is 1. The molecule has 1 atom stereocenters. The number of H-pyrrole nitrogens is 1. The SMILES string of the molecule is Cc1n[nH]c(C)c1/C(O)=C1\C(=O)C(=O)N(CCCn2ccnc2)[C@@H]1c1ccc(C(C)C)cc1. The molecule has 4 rings (SSSR count). The van der Waals surface area contributed by atoms with Crippen LogP contribution < -0.4 is 0 Å². The van der Waals surface area contributed by atoms with E-state index >= 15 is 0 Å². The Bertz CT molecular complexity index is 1170. The molecule has 1 saturated heterocycles. The van der Waals surface area contributed by atoms with Gasteiger partial charge in [-0.15, -0.1) is 0 Å². The summed E-state index contributed by atoms with van der Waals surface area (Å²) in [5, 5.41) is 18.2. The molecule has 3 aromatic rings. The van der Waals surface area contributed by atoms with Gasteiger partial charge in [-0.05, 0) is 37.3 Å². The lowest BCUT2D eigenvalue weighted by Gasteiger charge is -2.25. The van der Waals surface area contributed by atoms with Crippen LogP contribution in [-0.4, -0.2) is 48.0 Å². The summed E-state index contributed by atoms with van der Waals surface area (Å²) in [6.07, 6.45) is 5.94. The maximum atomic E-state index is 13.2. The number of aromatic nitrogens is 4. The van der Waals surface area contributed by atoms with Crippen LogP contribution in [0.3, 0.4) is 0 Å². The monoisotopic (exact) mass is 447 g/mol. The lowest BCUT2D eigenvalue weighted by molar-refractivity contribution is -0.139. The van der Waals surface area contributed by atoms with E-state index in [0.29, 0.717) is 42.4 Å². The van der Waals surface area contributed by atoms with E-state index in [9.17, 15) is 14.7 Å². The van der Waals surface area contributed by atoms with Gasteiger partial charge in [-0.25, -0.2) is 4.98 Å². The zero-order chi connectivity index (χ0) is 23.7. The van der Waals surface area contributed by atoms with Crippen molar-refractivity contribution in [2.45, 2.75) is 52.6 Å². The summed E-state index contributed by atoms with van der Waals surface area (Å²) in [4.78, 5) is 31.9. The van der Waals surface area contributed by atoms with Crippen molar-refractivity contribution in [3.8, 4) is 0 Å². The molecule has 0 bridgehead atoms. The number of rotatable bonds is 7. The van der Waals surface area contributed by atoms with Gasteiger partial charge in [-0.2, -0.15) is 5.10 Å². The Balaban J connectivity index is 1.76. The number of aliphatic hydroxyl groups excluding tert-OH is 1. The molecule has 1 aromatic carbocycles. The van der Waals surface area contributed by atoms with E-state index in [4.69, 9.17) is 0 Å². The van der Waals surface area contributed by atoms with Gasteiger partial charge in [0.2, 0.25) is 0 Å². The van der Waals surface area contributed by atoms with Gasteiger partial charge in [0.15, 0.2) is 0 Å². The number of nitrogens with one attached hydrogen (secondary N) is 1. The van der Waals surface area contributed by atoms with E-state index < -0.39 is 17.7 Å². The van der Waals surface area contributed by atoms with E-state index in [1.165, 1.54) is 0 Å². The van der Waals surface area contributed by atoms with Crippen LogP contribution in [0.4, 0.5) is 0 Å². The minimum absolute atomic E-state index is 0.104. The number of amides is 1. The number of aromatic amines is 1. The highest BCUT2D eigenvalue weighted by molar-refractivity contribution is 6.46. The quantitative estimate of drug-likeness (QED) is 0.325. The van der Waals surface area contributed by atoms with Crippen LogP contribution in [0.15, 0.2) is 48.6 Å². The Morgan fingerprint density at radius 2 is 1.88 bits per heavy atom. The summed E-state index contributed by atoms with van der Waals surface area (Å²) in [5.74, 6) is -1.10. The van der Waals surface area contributed by atoms with Crippen molar-refractivity contribution in [3.63, 3.8) is 0 Å². The molecule has 8 nitrogen and oxygen atoms in total. The van der Waals surface area contributed by atoms with E-state index in [0.717, 1.165) is 11.1 Å². The Morgan fingerprint density at radius 3 is 2.45 bits per heavy atom. The third-order valence-electron chi connectivity index (χ3n) is 6.20. The molecular formula is C25H29N5O3. The maximum Gasteiger partial charge on any atom is 0.295 e. The number of hydrogen-bond donors (Lipinski definition) is 2. The fraction of sp³-hybridized carbons (Fsp3) is 0.360. The fourth-order valence-electron chi connectivity index (χ4n) is 4.40. The number of carbonyl (C=O) groups is 2. The predicted octanol–water partition coefficient (Wildman–Crippen LogP) is 3.86. The molecule has 8 heteroatoms. The molecule has 0 unspecified atom stereocenters. The predicted molar refractivity (Wildman–Crippen MR) is 124 cm³/mol. The zero-order valence-electron chi connectivity index (χ0n) is 19.4. The Labute approximate surface area is 193 Å². The van der Waals surface area contributed by atoms with Crippen LogP contribution in [-0.2, 0) is 16.1 Å². The third kappa shape index (κ3) is 4.20. The first kappa shape index (κ1) is 22.5. The second-order valence-corrected chi connectivity index (χ2v) is 8.78. The molecule has 1 fully saturated rings. The van der Waals surface area contributed by atoms with Gasteiger partial charge in [-0.1, -0.05) is 38.1 Å². The van der Waals surface area contributed by atoms with Crippen molar-refractivity contribution in [1.29, 1.82) is 0 Å². The smallest absolute Gasteiger partial charge is 0.295 e. The lowest BCUT2D eigenvalue weighted by atomic mass is 9.93.